The van der Waals surface area contributed by atoms with Crippen molar-refractivity contribution in [1.82, 2.24) is 10.2 Å². The highest BCUT2D eigenvalue weighted by Crippen LogP contribution is 2.31. The van der Waals surface area contributed by atoms with Crippen LogP contribution in [0.2, 0.25) is 0 Å². The number of amides is 2. The molecule has 2 heterocycles. The Bertz CT molecular complexity index is 545. The minimum Gasteiger partial charge on any atom is -0.491 e. The third-order valence-electron chi connectivity index (χ3n) is 4.52. The van der Waals surface area contributed by atoms with Crippen molar-refractivity contribution in [2.75, 3.05) is 32.9 Å². The number of ether oxygens (including phenoxy) is 3. The van der Waals surface area contributed by atoms with E-state index >= 15 is 0 Å². The van der Waals surface area contributed by atoms with E-state index in [4.69, 9.17) is 14.2 Å². The Morgan fingerprint density at radius 3 is 2.50 bits per heavy atom. The molecule has 0 bridgehead atoms. The molecule has 1 spiro atoms. The van der Waals surface area contributed by atoms with Crippen LogP contribution >= 0.6 is 0 Å². The van der Waals surface area contributed by atoms with Crippen molar-refractivity contribution in [3.05, 3.63) is 29.8 Å². The lowest BCUT2D eigenvalue weighted by Gasteiger charge is -2.37. The number of aryl methyl sites for hydroxylation is 1. The number of nitrogens with one attached hydrogen (secondary N) is 1. The van der Waals surface area contributed by atoms with Crippen LogP contribution in [0, 0.1) is 6.92 Å². The van der Waals surface area contributed by atoms with Crippen LogP contribution in [-0.4, -0.2) is 55.7 Å². The molecule has 24 heavy (non-hydrogen) atoms. The fourth-order valence-electron chi connectivity index (χ4n) is 3.04. The summed E-state index contributed by atoms with van der Waals surface area (Å²) in [4.78, 5) is 14.2. The maximum Gasteiger partial charge on any atom is 0.317 e. The number of hydrogen-bond donors (Lipinski definition) is 1. The lowest BCUT2D eigenvalue weighted by molar-refractivity contribution is -0.181. The topological polar surface area (TPSA) is 60.0 Å². The summed E-state index contributed by atoms with van der Waals surface area (Å²) in [5.74, 6) is 0.369. The molecule has 1 atom stereocenters. The zero-order chi connectivity index (χ0) is 17.0. The van der Waals surface area contributed by atoms with E-state index in [1.165, 1.54) is 5.56 Å². The standard InChI is InChI=1S/C18H26N2O4/c1-14-3-5-16(6-4-14)22-13-15(2)19-17(21)20-9-7-18(8-10-20)23-11-12-24-18/h3-6,15H,7-13H2,1-2H3,(H,19,21)/t15-/m0/s1. The Morgan fingerprint density at radius 1 is 1.25 bits per heavy atom. The highest BCUT2D eigenvalue weighted by atomic mass is 16.7. The number of urea groups is 1. The maximum atomic E-state index is 12.3. The molecule has 2 aliphatic heterocycles. The van der Waals surface area contributed by atoms with E-state index in [1.54, 1.807) is 0 Å². The molecule has 1 N–H and O–H groups in total. The van der Waals surface area contributed by atoms with Gasteiger partial charge in [-0.25, -0.2) is 4.79 Å². The summed E-state index contributed by atoms with van der Waals surface area (Å²) in [7, 11) is 0. The SMILES string of the molecule is Cc1ccc(OC[C@H](C)NC(=O)N2CCC3(CC2)OCCO3)cc1. The van der Waals surface area contributed by atoms with Crippen LogP contribution in [0.5, 0.6) is 5.75 Å². The van der Waals surface area contributed by atoms with E-state index in [9.17, 15) is 4.79 Å². The molecule has 0 unspecified atom stereocenters. The summed E-state index contributed by atoms with van der Waals surface area (Å²) in [5, 5.41) is 2.99. The second-order valence-electron chi connectivity index (χ2n) is 6.57. The molecule has 132 valence electrons. The Morgan fingerprint density at radius 2 is 1.88 bits per heavy atom. The third kappa shape index (κ3) is 4.19. The van der Waals surface area contributed by atoms with Crippen LogP contribution in [0.15, 0.2) is 24.3 Å². The first-order valence-electron chi connectivity index (χ1n) is 8.59. The monoisotopic (exact) mass is 334 g/mol. The molecule has 0 saturated carbocycles. The summed E-state index contributed by atoms with van der Waals surface area (Å²) in [6, 6.07) is 7.78. The lowest BCUT2D eigenvalue weighted by atomic mass is 10.0. The van der Waals surface area contributed by atoms with Crippen LogP contribution < -0.4 is 10.1 Å². The molecule has 1 aromatic rings. The summed E-state index contributed by atoms with van der Waals surface area (Å²) in [6.07, 6.45) is 1.46. The molecular weight excluding hydrogens is 308 g/mol. The highest BCUT2D eigenvalue weighted by Gasteiger charge is 2.40. The summed E-state index contributed by atoms with van der Waals surface area (Å²) < 4.78 is 17.1. The molecule has 6 heteroatoms. The van der Waals surface area contributed by atoms with Crippen molar-refractivity contribution < 1.29 is 19.0 Å². The van der Waals surface area contributed by atoms with Crippen molar-refractivity contribution >= 4 is 6.03 Å². The molecule has 2 fully saturated rings. The Labute approximate surface area is 143 Å². The van der Waals surface area contributed by atoms with Crippen LogP contribution in [-0.2, 0) is 9.47 Å². The van der Waals surface area contributed by atoms with Gasteiger partial charge in [0.2, 0.25) is 0 Å². The number of carbonyl (C=O) groups excluding carboxylic acids is 1. The van der Waals surface area contributed by atoms with Gasteiger partial charge in [-0.1, -0.05) is 17.7 Å². The minimum atomic E-state index is -0.447. The van der Waals surface area contributed by atoms with Crippen molar-refractivity contribution in [3.8, 4) is 5.75 Å². The van der Waals surface area contributed by atoms with Gasteiger partial charge in [-0.15, -0.1) is 0 Å². The van der Waals surface area contributed by atoms with Gasteiger partial charge in [0.15, 0.2) is 5.79 Å². The van der Waals surface area contributed by atoms with E-state index in [2.05, 4.69) is 5.32 Å². The molecular formula is C18H26N2O4. The van der Waals surface area contributed by atoms with Crippen molar-refractivity contribution in [2.45, 2.75) is 38.5 Å². The first kappa shape index (κ1) is 17.0. The van der Waals surface area contributed by atoms with Gasteiger partial charge in [0.25, 0.3) is 0 Å². The number of rotatable bonds is 4. The number of nitrogens with zero attached hydrogens (tertiary/aromatic N) is 1. The summed E-state index contributed by atoms with van der Waals surface area (Å²) in [6.45, 7) is 7.03. The molecule has 3 rings (SSSR count). The zero-order valence-corrected chi connectivity index (χ0v) is 14.4. The second-order valence-corrected chi connectivity index (χ2v) is 6.57. The van der Waals surface area contributed by atoms with E-state index in [-0.39, 0.29) is 12.1 Å². The van der Waals surface area contributed by atoms with Crippen molar-refractivity contribution in [2.24, 2.45) is 0 Å². The van der Waals surface area contributed by atoms with Crippen LogP contribution in [0.3, 0.4) is 0 Å². The van der Waals surface area contributed by atoms with Gasteiger partial charge in [0.1, 0.15) is 12.4 Å². The predicted molar refractivity (Wildman–Crippen MR) is 90.1 cm³/mol. The van der Waals surface area contributed by atoms with Gasteiger partial charge in [0.05, 0.1) is 19.3 Å². The average molecular weight is 334 g/mol. The van der Waals surface area contributed by atoms with Crippen LogP contribution in [0.25, 0.3) is 0 Å². The van der Waals surface area contributed by atoms with Crippen LogP contribution in [0.1, 0.15) is 25.3 Å². The Balaban J connectivity index is 1.40. The first-order valence-corrected chi connectivity index (χ1v) is 8.59. The normalized spacial score (nSPS) is 20.8. The van der Waals surface area contributed by atoms with E-state index in [1.807, 2.05) is 43.0 Å². The lowest BCUT2D eigenvalue weighted by Crippen LogP contribution is -2.52. The van der Waals surface area contributed by atoms with Gasteiger partial charge in [-0.05, 0) is 26.0 Å². The quantitative estimate of drug-likeness (QED) is 0.918. The number of likely N-dealkylation sites (tertiary alicyclic amines) is 1. The van der Waals surface area contributed by atoms with E-state index < -0.39 is 5.79 Å². The van der Waals surface area contributed by atoms with Gasteiger partial charge >= 0.3 is 6.03 Å². The second kappa shape index (κ2) is 7.40. The molecule has 2 saturated heterocycles. The van der Waals surface area contributed by atoms with Gasteiger partial charge in [0, 0.05) is 25.9 Å². The van der Waals surface area contributed by atoms with Gasteiger partial charge < -0.3 is 24.4 Å². The molecule has 0 radical (unpaired) electrons. The molecule has 2 aliphatic rings. The highest BCUT2D eigenvalue weighted by molar-refractivity contribution is 5.74. The first-order chi connectivity index (χ1) is 11.6. The molecule has 2 amide bonds. The van der Waals surface area contributed by atoms with E-state index in [0.717, 1.165) is 18.6 Å². The molecule has 0 aliphatic carbocycles. The number of carbonyl (C=O) groups is 1. The summed E-state index contributed by atoms with van der Waals surface area (Å²) >= 11 is 0. The van der Waals surface area contributed by atoms with Gasteiger partial charge in [-0.3, -0.25) is 0 Å². The predicted octanol–water partition coefficient (Wildman–Crippen LogP) is 2.31. The number of piperidine rings is 1. The average Bonchev–Trinajstić information content (AvgIpc) is 3.03. The van der Waals surface area contributed by atoms with E-state index in [0.29, 0.717) is 32.9 Å². The van der Waals surface area contributed by atoms with Gasteiger partial charge in [-0.2, -0.15) is 0 Å². The molecule has 0 aromatic heterocycles. The number of hydrogen-bond acceptors (Lipinski definition) is 4. The van der Waals surface area contributed by atoms with Crippen molar-refractivity contribution in [3.63, 3.8) is 0 Å². The molecule has 1 aromatic carbocycles. The number of benzene rings is 1. The minimum absolute atomic E-state index is 0.0529. The largest absolute Gasteiger partial charge is 0.491 e. The molecule has 6 nitrogen and oxygen atoms in total. The third-order valence-corrected chi connectivity index (χ3v) is 4.52. The van der Waals surface area contributed by atoms with Crippen LogP contribution in [0.4, 0.5) is 4.79 Å². The Hall–Kier alpha value is -1.79. The maximum absolute atomic E-state index is 12.3. The summed E-state index contributed by atoms with van der Waals surface area (Å²) in [5.41, 5.74) is 1.20. The fourth-order valence-corrected chi connectivity index (χ4v) is 3.04. The zero-order valence-electron chi connectivity index (χ0n) is 14.4. The smallest absolute Gasteiger partial charge is 0.317 e. The Kier molecular flexibility index (Phi) is 5.26. The fraction of sp³-hybridized carbons (Fsp3) is 0.611. The van der Waals surface area contributed by atoms with Crippen molar-refractivity contribution in [1.29, 1.82) is 0 Å².